The molecule has 2 aromatic heterocycles. The summed E-state index contributed by atoms with van der Waals surface area (Å²) in [5.74, 6) is -2.35. The van der Waals surface area contributed by atoms with Gasteiger partial charge in [-0.15, -0.1) is 22.7 Å². The number of rotatable bonds is 3. The zero-order valence-electron chi connectivity index (χ0n) is 10.8. The molecule has 0 spiro atoms. The molecular weight excluding hydrogens is 350 g/mol. The van der Waals surface area contributed by atoms with Crippen LogP contribution >= 0.6 is 34.3 Å². The van der Waals surface area contributed by atoms with Crippen LogP contribution in [0.15, 0.2) is 35.7 Å². The Morgan fingerprint density at radius 3 is 2.55 bits per heavy atom. The Balaban J connectivity index is 1.83. The fraction of sp³-hybridized carbons (Fsp3) is 0. The van der Waals surface area contributed by atoms with E-state index in [1.807, 2.05) is 0 Å². The van der Waals surface area contributed by atoms with Crippen molar-refractivity contribution in [2.24, 2.45) is 0 Å². The molecule has 3 nitrogen and oxygen atoms in total. The number of amides is 1. The minimum Gasteiger partial charge on any atom is -0.316 e. The average Bonchev–Trinajstić information content (AvgIpc) is 3.11. The SMILES string of the molecule is O=C(Nc1c(F)cccc1F)c1csc(-c2ccc(Cl)s2)n1. The number of hydrogen-bond acceptors (Lipinski definition) is 4. The third-order valence-corrected chi connectivity index (χ3v) is 4.96. The third-order valence-electron chi connectivity index (χ3n) is 2.72. The molecule has 0 aliphatic rings. The fourth-order valence-corrected chi connectivity index (χ4v) is 3.63. The number of thiazole rings is 1. The number of thiophene rings is 1. The fourth-order valence-electron chi connectivity index (χ4n) is 1.72. The summed E-state index contributed by atoms with van der Waals surface area (Å²) in [4.78, 5) is 17.0. The van der Waals surface area contributed by atoms with Crippen LogP contribution in [0.5, 0.6) is 0 Å². The molecule has 1 aromatic carbocycles. The predicted molar refractivity (Wildman–Crippen MR) is 84.7 cm³/mol. The van der Waals surface area contributed by atoms with Gasteiger partial charge in [0, 0.05) is 5.38 Å². The number of nitrogens with zero attached hydrogens (tertiary/aromatic N) is 1. The van der Waals surface area contributed by atoms with E-state index in [4.69, 9.17) is 11.6 Å². The summed E-state index contributed by atoms with van der Waals surface area (Å²) in [6, 6.07) is 6.89. The van der Waals surface area contributed by atoms with E-state index < -0.39 is 23.2 Å². The zero-order valence-corrected chi connectivity index (χ0v) is 13.2. The van der Waals surface area contributed by atoms with E-state index in [-0.39, 0.29) is 5.69 Å². The highest BCUT2D eigenvalue weighted by Gasteiger charge is 2.17. The van der Waals surface area contributed by atoms with Gasteiger partial charge in [0.1, 0.15) is 28.0 Å². The van der Waals surface area contributed by atoms with Crippen molar-refractivity contribution in [3.8, 4) is 9.88 Å². The summed E-state index contributed by atoms with van der Waals surface area (Å²) in [6.45, 7) is 0. The average molecular weight is 357 g/mol. The highest BCUT2D eigenvalue weighted by molar-refractivity contribution is 7.23. The number of para-hydroxylation sites is 1. The summed E-state index contributed by atoms with van der Waals surface area (Å²) >= 11 is 8.45. The molecule has 0 aliphatic heterocycles. The van der Waals surface area contributed by atoms with Gasteiger partial charge in [0.25, 0.3) is 5.91 Å². The summed E-state index contributed by atoms with van der Waals surface area (Å²) in [5.41, 5.74) is -0.395. The Morgan fingerprint density at radius 2 is 1.91 bits per heavy atom. The van der Waals surface area contributed by atoms with Crippen LogP contribution in [-0.2, 0) is 0 Å². The maximum atomic E-state index is 13.5. The van der Waals surface area contributed by atoms with E-state index in [2.05, 4.69) is 10.3 Å². The molecule has 8 heteroatoms. The van der Waals surface area contributed by atoms with Gasteiger partial charge < -0.3 is 5.32 Å². The van der Waals surface area contributed by atoms with Gasteiger partial charge in [-0.1, -0.05) is 17.7 Å². The van der Waals surface area contributed by atoms with Crippen molar-refractivity contribution in [2.45, 2.75) is 0 Å². The van der Waals surface area contributed by atoms with Crippen molar-refractivity contribution < 1.29 is 13.6 Å². The van der Waals surface area contributed by atoms with Crippen molar-refractivity contribution in [3.63, 3.8) is 0 Å². The van der Waals surface area contributed by atoms with Crippen LogP contribution < -0.4 is 5.32 Å². The molecule has 2 heterocycles. The Bertz CT molecular complexity index is 827. The van der Waals surface area contributed by atoms with Crippen molar-refractivity contribution in [3.05, 3.63) is 57.4 Å². The second-order valence-corrected chi connectivity index (χ2v) is 6.77. The van der Waals surface area contributed by atoms with Crippen molar-refractivity contribution in [1.29, 1.82) is 0 Å². The minimum atomic E-state index is -0.839. The first-order valence-electron chi connectivity index (χ1n) is 6.01. The van der Waals surface area contributed by atoms with Crippen molar-refractivity contribution in [1.82, 2.24) is 4.98 Å². The number of halogens is 3. The minimum absolute atomic E-state index is 0.0900. The largest absolute Gasteiger partial charge is 0.316 e. The van der Waals surface area contributed by atoms with Crippen LogP contribution in [0.1, 0.15) is 10.5 Å². The van der Waals surface area contributed by atoms with Crippen LogP contribution in [-0.4, -0.2) is 10.9 Å². The van der Waals surface area contributed by atoms with Crippen LogP contribution in [0.2, 0.25) is 4.34 Å². The molecule has 0 saturated heterocycles. The van der Waals surface area contributed by atoms with Gasteiger partial charge >= 0.3 is 0 Å². The molecule has 3 rings (SSSR count). The van der Waals surface area contributed by atoms with Crippen molar-refractivity contribution >= 4 is 45.9 Å². The number of benzene rings is 1. The topological polar surface area (TPSA) is 42.0 Å². The number of anilines is 1. The second-order valence-electron chi connectivity index (χ2n) is 4.19. The molecule has 1 N–H and O–H groups in total. The molecule has 3 aromatic rings. The summed E-state index contributed by atoms with van der Waals surface area (Å²) in [5, 5.41) is 4.34. The van der Waals surface area contributed by atoms with Gasteiger partial charge in [0.15, 0.2) is 0 Å². The molecule has 0 atom stereocenters. The molecular formula is C14H7ClF2N2OS2. The van der Waals surface area contributed by atoms with Crippen LogP contribution in [0.4, 0.5) is 14.5 Å². The van der Waals surface area contributed by atoms with E-state index in [9.17, 15) is 13.6 Å². The second kappa shape index (κ2) is 6.12. The van der Waals surface area contributed by atoms with Crippen LogP contribution in [0, 0.1) is 11.6 Å². The lowest BCUT2D eigenvalue weighted by Gasteiger charge is -2.05. The standard InChI is InChI=1S/C14H7ClF2N2OS2/c15-11-5-4-10(22-11)14-18-9(6-21-14)13(20)19-12-7(16)2-1-3-8(12)17/h1-6H,(H,19,20). The zero-order chi connectivity index (χ0) is 15.7. The Morgan fingerprint density at radius 1 is 1.18 bits per heavy atom. The van der Waals surface area contributed by atoms with E-state index in [1.165, 1.54) is 34.1 Å². The Hall–Kier alpha value is -1.83. The van der Waals surface area contributed by atoms with E-state index in [1.54, 1.807) is 12.1 Å². The number of aromatic nitrogens is 1. The lowest BCUT2D eigenvalue weighted by Crippen LogP contribution is -2.14. The molecule has 0 bridgehead atoms. The highest BCUT2D eigenvalue weighted by Crippen LogP contribution is 2.33. The molecule has 0 unspecified atom stereocenters. The summed E-state index contributed by atoms with van der Waals surface area (Å²) in [7, 11) is 0. The van der Waals surface area contributed by atoms with Crippen LogP contribution in [0.25, 0.3) is 9.88 Å². The van der Waals surface area contributed by atoms with E-state index in [0.29, 0.717) is 9.34 Å². The molecule has 1 amide bonds. The summed E-state index contributed by atoms with van der Waals surface area (Å²) < 4.78 is 27.6. The number of nitrogens with one attached hydrogen (secondary N) is 1. The van der Waals surface area contributed by atoms with Gasteiger partial charge in [0.05, 0.1) is 9.21 Å². The first-order valence-corrected chi connectivity index (χ1v) is 8.08. The van der Waals surface area contributed by atoms with Gasteiger partial charge in [-0.3, -0.25) is 4.79 Å². The predicted octanol–water partition coefficient (Wildman–Crippen LogP) is 5.06. The lowest BCUT2D eigenvalue weighted by atomic mass is 10.3. The maximum absolute atomic E-state index is 13.5. The quantitative estimate of drug-likeness (QED) is 0.713. The molecule has 112 valence electrons. The maximum Gasteiger partial charge on any atom is 0.275 e. The molecule has 22 heavy (non-hydrogen) atoms. The monoisotopic (exact) mass is 356 g/mol. The lowest BCUT2D eigenvalue weighted by molar-refractivity contribution is 0.102. The van der Waals surface area contributed by atoms with Gasteiger partial charge in [-0.05, 0) is 24.3 Å². The molecule has 0 fully saturated rings. The van der Waals surface area contributed by atoms with Crippen molar-refractivity contribution in [2.75, 3.05) is 5.32 Å². The Labute approximate surface area is 137 Å². The summed E-state index contributed by atoms with van der Waals surface area (Å²) in [6.07, 6.45) is 0. The normalized spacial score (nSPS) is 10.7. The third kappa shape index (κ3) is 3.01. The number of carbonyl (C=O) groups is 1. The van der Waals surface area contributed by atoms with E-state index >= 15 is 0 Å². The highest BCUT2D eigenvalue weighted by atomic mass is 35.5. The number of carbonyl (C=O) groups excluding carboxylic acids is 1. The molecule has 0 aliphatic carbocycles. The smallest absolute Gasteiger partial charge is 0.275 e. The number of hydrogen-bond donors (Lipinski definition) is 1. The van der Waals surface area contributed by atoms with Gasteiger partial charge in [-0.25, -0.2) is 13.8 Å². The molecule has 0 radical (unpaired) electrons. The first kappa shape index (κ1) is 15.1. The van der Waals surface area contributed by atoms with Gasteiger partial charge in [0.2, 0.25) is 0 Å². The van der Waals surface area contributed by atoms with Crippen LogP contribution in [0.3, 0.4) is 0 Å². The first-order chi connectivity index (χ1) is 10.5. The van der Waals surface area contributed by atoms with E-state index in [0.717, 1.165) is 17.0 Å². The molecule has 0 saturated carbocycles. The Kier molecular flexibility index (Phi) is 4.19. The van der Waals surface area contributed by atoms with Gasteiger partial charge in [-0.2, -0.15) is 0 Å².